The molecule has 2 bridgehead atoms. The summed E-state index contributed by atoms with van der Waals surface area (Å²) in [6, 6.07) is 21.3. The molecule has 3 aromatic carbocycles. The highest BCUT2D eigenvalue weighted by atomic mass is 127. The summed E-state index contributed by atoms with van der Waals surface area (Å²) in [6.07, 6.45) is 2.09. The van der Waals surface area contributed by atoms with Gasteiger partial charge < -0.3 is 29.1 Å². The Morgan fingerprint density at radius 1 is 1.09 bits per heavy atom. The topological polar surface area (TPSA) is 109 Å². The SMILES string of the molecule is CCOc1cc(NC(=O)CCc2ccc(-c3ccccc3)c(NC(=O)O[C@H]3C[C@H]4[C@@H]5O[C@H]5[C@](I)(C3)[N+]4(C)C)c2)ccc1CO. The Kier molecular flexibility index (Phi) is 8.62. The largest absolute Gasteiger partial charge is 0.493 e. The Bertz CT molecular complexity index is 1550. The number of fused-ring (bicyclic) bond motifs is 5. The van der Waals surface area contributed by atoms with E-state index in [1.165, 1.54) is 0 Å². The smallest absolute Gasteiger partial charge is 0.411 e. The van der Waals surface area contributed by atoms with Crippen molar-refractivity contribution in [3.63, 3.8) is 0 Å². The third-order valence-electron chi connectivity index (χ3n) is 9.29. The zero-order valence-corrected chi connectivity index (χ0v) is 27.4. The van der Waals surface area contributed by atoms with E-state index < -0.39 is 6.09 Å². The number of aliphatic hydroxyl groups excluding tert-OH is 1. The van der Waals surface area contributed by atoms with Crippen molar-refractivity contribution in [2.45, 2.75) is 67.1 Å². The predicted octanol–water partition coefficient (Wildman–Crippen LogP) is 5.88. The molecule has 9 nitrogen and oxygen atoms in total. The monoisotopic (exact) mass is 712 g/mol. The quantitative estimate of drug-likeness (QED) is 0.0797. The Labute approximate surface area is 271 Å². The van der Waals surface area contributed by atoms with Gasteiger partial charge in [0, 0.05) is 35.7 Å². The average molecular weight is 713 g/mol. The second-order valence-corrected chi connectivity index (χ2v) is 14.1. The summed E-state index contributed by atoms with van der Waals surface area (Å²) in [5.41, 5.74) is 4.69. The first-order chi connectivity index (χ1) is 21.1. The van der Waals surface area contributed by atoms with E-state index in [2.05, 4.69) is 47.3 Å². The standard InChI is InChI=1S/C34H38IN3O6/c1-4-42-29-17-24(13-12-23(29)20-39)36-30(40)15-11-21-10-14-26(22-8-6-5-7-9-22)27(16-21)37-33(41)43-25-18-28-31-32(44-31)34(35,19-25)38(28,2)3/h5-10,12-14,16-17,25,28,31-32,39H,4,11,15,18-20H2,1-3H3,(H-,36,37,40,41)/p+1/t25-,28-,31-,32+,34-/m0/s1. The number of hydrogen-bond acceptors (Lipinski definition) is 6. The van der Waals surface area contributed by atoms with Gasteiger partial charge in [0.05, 0.1) is 39.4 Å². The van der Waals surface area contributed by atoms with Crippen molar-refractivity contribution in [2.24, 2.45) is 0 Å². The van der Waals surface area contributed by atoms with Crippen LogP contribution < -0.4 is 15.4 Å². The number of aliphatic hydroxyl groups is 1. The van der Waals surface area contributed by atoms with Gasteiger partial charge in [0.2, 0.25) is 5.91 Å². The number of alkyl halides is 1. The maximum absolute atomic E-state index is 13.3. The molecule has 0 radical (unpaired) electrons. The summed E-state index contributed by atoms with van der Waals surface area (Å²) in [5.74, 6) is 0.405. The molecule has 44 heavy (non-hydrogen) atoms. The summed E-state index contributed by atoms with van der Waals surface area (Å²) in [5, 5.41) is 15.5. The predicted molar refractivity (Wildman–Crippen MR) is 177 cm³/mol. The van der Waals surface area contributed by atoms with Crippen molar-refractivity contribution >= 4 is 46.0 Å². The van der Waals surface area contributed by atoms with Gasteiger partial charge in [-0.15, -0.1) is 0 Å². The first-order valence-electron chi connectivity index (χ1n) is 15.1. The van der Waals surface area contributed by atoms with E-state index in [1.807, 2.05) is 55.5 Å². The van der Waals surface area contributed by atoms with Crippen LogP contribution in [0.15, 0.2) is 66.7 Å². The summed E-state index contributed by atoms with van der Waals surface area (Å²) < 4.78 is 18.4. The third kappa shape index (κ3) is 5.92. The van der Waals surface area contributed by atoms with Crippen LogP contribution >= 0.6 is 22.6 Å². The van der Waals surface area contributed by atoms with Crippen LogP contribution in [0, 0.1) is 0 Å². The summed E-state index contributed by atoms with van der Waals surface area (Å²) in [6.45, 7) is 2.19. The molecule has 3 heterocycles. The average Bonchev–Trinajstić information content (AvgIpc) is 3.79. The highest BCUT2D eigenvalue weighted by Gasteiger charge is 2.78. The van der Waals surface area contributed by atoms with Gasteiger partial charge >= 0.3 is 6.09 Å². The number of ether oxygens (including phenoxy) is 3. The maximum Gasteiger partial charge on any atom is 0.411 e. The minimum absolute atomic E-state index is 0.0998. The number of quaternary nitrogens is 1. The van der Waals surface area contributed by atoms with Crippen molar-refractivity contribution in [1.29, 1.82) is 0 Å². The Hall–Kier alpha value is -3.19. The normalized spacial score (nSPS) is 25.9. The van der Waals surface area contributed by atoms with Gasteiger partial charge in [0.15, 0.2) is 9.65 Å². The number of rotatable bonds is 10. The first-order valence-corrected chi connectivity index (χ1v) is 16.2. The second kappa shape index (κ2) is 12.3. The fourth-order valence-electron chi connectivity index (χ4n) is 6.80. The number of amides is 2. The van der Waals surface area contributed by atoms with Crippen molar-refractivity contribution in [3.8, 4) is 16.9 Å². The number of nitrogens with one attached hydrogen (secondary N) is 2. The molecular weight excluding hydrogens is 673 g/mol. The molecule has 0 aromatic heterocycles. The van der Waals surface area contributed by atoms with Crippen LogP contribution in [0.1, 0.15) is 37.3 Å². The number of epoxide rings is 1. The first kappa shape index (κ1) is 30.8. The van der Waals surface area contributed by atoms with Crippen molar-refractivity contribution in [1.82, 2.24) is 0 Å². The number of hydrogen-bond donors (Lipinski definition) is 3. The third-order valence-corrected chi connectivity index (χ3v) is 11.6. The molecule has 6 rings (SSSR count). The zero-order chi connectivity index (χ0) is 31.1. The van der Waals surface area contributed by atoms with Crippen molar-refractivity contribution < 1.29 is 33.4 Å². The van der Waals surface area contributed by atoms with E-state index in [9.17, 15) is 14.7 Å². The lowest BCUT2D eigenvalue weighted by atomic mass is 9.96. The summed E-state index contributed by atoms with van der Waals surface area (Å²) in [4.78, 5) is 26.1. The molecule has 3 aliphatic rings. The zero-order valence-electron chi connectivity index (χ0n) is 25.2. The van der Waals surface area contributed by atoms with Gasteiger partial charge in [-0.2, -0.15) is 0 Å². The lowest BCUT2D eigenvalue weighted by Crippen LogP contribution is -2.65. The molecule has 5 atom stereocenters. The van der Waals surface area contributed by atoms with E-state index in [4.69, 9.17) is 14.2 Å². The Morgan fingerprint density at radius 3 is 2.61 bits per heavy atom. The van der Waals surface area contributed by atoms with Gasteiger partial charge in [0.25, 0.3) is 0 Å². The number of piperidine rings is 1. The Balaban J connectivity index is 1.13. The molecule has 0 spiro atoms. The van der Waals surface area contributed by atoms with Crippen LogP contribution in [0.25, 0.3) is 11.1 Å². The van der Waals surface area contributed by atoms with E-state index >= 15 is 0 Å². The number of morpholine rings is 1. The minimum atomic E-state index is -0.472. The highest BCUT2D eigenvalue weighted by molar-refractivity contribution is 14.1. The number of anilines is 2. The van der Waals surface area contributed by atoms with E-state index in [1.54, 1.807) is 18.2 Å². The lowest BCUT2D eigenvalue weighted by Gasteiger charge is -2.50. The van der Waals surface area contributed by atoms with Crippen molar-refractivity contribution in [3.05, 3.63) is 77.9 Å². The Morgan fingerprint density at radius 2 is 1.89 bits per heavy atom. The van der Waals surface area contributed by atoms with Gasteiger partial charge in [-0.1, -0.05) is 48.5 Å². The number of nitrogens with zero attached hydrogens (tertiary/aromatic N) is 1. The number of carbonyl (C=O) groups is 2. The lowest BCUT2D eigenvalue weighted by molar-refractivity contribution is -0.943. The molecule has 0 saturated carbocycles. The van der Waals surface area contributed by atoms with Gasteiger partial charge in [-0.25, -0.2) is 4.79 Å². The molecule has 3 N–H and O–H groups in total. The molecule has 3 aromatic rings. The molecule has 0 aliphatic carbocycles. The fourth-order valence-corrected chi connectivity index (χ4v) is 8.15. The molecule has 0 unspecified atom stereocenters. The molecular formula is C34H39IN3O6+. The maximum atomic E-state index is 13.3. The molecule has 10 heteroatoms. The summed E-state index contributed by atoms with van der Waals surface area (Å²) >= 11 is 2.52. The van der Waals surface area contributed by atoms with Crippen LogP contribution in [0.4, 0.5) is 16.2 Å². The van der Waals surface area contributed by atoms with Crippen LogP contribution in [-0.4, -0.2) is 70.2 Å². The number of halogens is 1. The minimum Gasteiger partial charge on any atom is -0.493 e. The van der Waals surface area contributed by atoms with Gasteiger partial charge in [-0.3, -0.25) is 10.1 Å². The van der Waals surface area contributed by atoms with E-state index in [0.717, 1.165) is 34.0 Å². The van der Waals surface area contributed by atoms with Crippen LogP contribution in [0.2, 0.25) is 0 Å². The fraction of sp³-hybridized carbons (Fsp3) is 0.412. The van der Waals surface area contributed by atoms with E-state index in [0.29, 0.717) is 41.8 Å². The highest BCUT2D eigenvalue weighted by Crippen LogP contribution is 2.61. The van der Waals surface area contributed by atoms with Gasteiger partial charge in [-0.05, 0) is 59.2 Å². The number of carbonyl (C=O) groups excluding carboxylic acids is 2. The number of aryl methyl sites for hydroxylation is 1. The molecule has 3 aliphatic heterocycles. The van der Waals surface area contributed by atoms with Gasteiger partial charge in [0.1, 0.15) is 24.0 Å². The number of likely N-dealkylation sites (N-methyl/N-ethyl adjacent to an activating group) is 1. The van der Waals surface area contributed by atoms with Crippen LogP contribution in [0.3, 0.4) is 0 Å². The second-order valence-electron chi connectivity index (χ2n) is 12.2. The molecule has 2 amide bonds. The van der Waals surface area contributed by atoms with E-state index in [-0.39, 0.29) is 40.8 Å². The molecule has 3 saturated heterocycles. The van der Waals surface area contributed by atoms with Crippen LogP contribution in [-0.2, 0) is 27.3 Å². The molecule has 232 valence electrons. The summed E-state index contributed by atoms with van der Waals surface area (Å²) in [7, 11) is 4.51. The van der Waals surface area contributed by atoms with Crippen LogP contribution in [0.5, 0.6) is 5.75 Å². The number of benzene rings is 3. The van der Waals surface area contributed by atoms with Crippen molar-refractivity contribution in [2.75, 3.05) is 31.3 Å². The molecule has 3 fully saturated rings.